The number of fused-ring (bicyclic) bond motifs is 1. The van der Waals surface area contributed by atoms with E-state index in [2.05, 4.69) is 0 Å². The molecule has 1 heterocycles. The molecule has 3 rings (SSSR count). The van der Waals surface area contributed by atoms with E-state index >= 15 is 0 Å². The van der Waals surface area contributed by atoms with Crippen molar-refractivity contribution in [2.24, 2.45) is 5.92 Å². The van der Waals surface area contributed by atoms with Gasteiger partial charge in [0, 0.05) is 11.2 Å². The average molecular weight is 271 g/mol. The lowest BCUT2D eigenvalue weighted by Crippen LogP contribution is -2.47. The maximum Gasteiger partial charge on any atom is 0.408 e. The smallest absolute Gasteiger partial charge is 0.408 e. The Bertz CT molecular complexity index is 484. The first-order valence-corrected chi connectivity index (χ1v) is 6.36. The van der Waals surface area contributed by atoms with Gasteiger partial charge in [0.2, 0.25) is 0 Å². The van der Waals surface area contributed by atoms with Gasteiger partial charge >= 0.3 is 6.18 Å². The lowest BCUT2D eigenvalue weighted by molar-refractivity contribution is -0.148. The van der Waals surface area contributed by atoms with Crippen molar-refractivity contribution < 1.29 is 17.9 Å². The number of methoxy groups -OCH3 is 1. The van der Waals surface area contributed by atoms with Gasteiger partial charge < -0.3 is 9.64 Å². The van der Waals surface area contributed by atoms with E-state index in [1.165, 1.54) is 0 Å². The Balaban J connectivity index is 1.95. The number of rotatable bonds is 2. The highest BCUT2D eigenvalue weighted by molar-refractivity contribution is 5.57. The summed E-state index contributed by atoms with van der Waals surface area (Å²) < 4.78 is 44.5. The number of alkyl halides is 3. The molecule has 0 radical (unpaired) electrons. The van der Waals surface area contributed by atoms with Crippen LogP contribution in [-0.4, -0.2) is 24.9 Å². The molecule has 0 bridgehead atoms. The van der Waals surface area contributed by atoms with Gasteiger partial charge in [0.15, 0.2) is 0 Å². The SMILES string of the molecule is COc1ccc(N2[C@H](C(F)(F)F)CC3C[C@]32C)cc1. The fourth-order valence-corrected chi connectivity index (χ4v) is 3.30. The van der Waals surface area contributed by atoms with Crippen LogP contribution in [0, 0.1) is 5.92 Å². The minimum atomic E-state index is -4.17. The molecule has 0 amide bonds. The molecule has 1 saturated heterocycles. The molecular weight excluding hydrogens is 255 g/mol. The van der Waals surface area contributed by atoms with Crippen LogP contribution in [-0.2, 0) is 0 Å². The summed E-state index contributed by atoms with van der Waals surface area (Å²) in [6, 6.07) is 5.49. The summed E-state index contributed by atoms with van der Waals surface area (Å²) in [5.74, 6) is 0.824. The summed E-state index contributed by atoms with van der Waals surface area (Å²) in [7, 11) is 1.54. The van der Waals surface area contributed by atoms with Crippen molar-refractivity contribution in [3.05, 3.63) is 24.3 Å². The van der Waals surface area contributed by atoms with E-state index < -0.39 is 12.2 Å². The number of hydrogen-bond donors (Lipinski definition) is 0. The minimum absolute atomic E-state index is 0.168. The Hall–Kier alpha value is -1.39. The van der Waals surface area contributed by atoms with E-state index in [1.807, 2.05) is 6.92 Å². The van der Waals surface area contributed by atoms with Gasteiger partial charge in [-0.15, -0.1) is 0 Å². The number of benzene rings is 1. The maximum absolute atomic E-state index is 13.1. The lowest BCUT2D eigenvalue weighted by atomic mass is 10.1. The molecule has 1 unspecified atom stereocenters. The van der Waals surface area contributed by atoms with Crippen LogP contribution in [0.1, 0.15) is 19.8 Å². The zero-order chi connectivity index (χ0) is 13.8. The van der Waals surface area contributed by atoms with Crippen molar-refractivity contribution in [3.63, 3.8) is 0 Å². The Kier molecular flexibility index (Phi) is 2.53. The minimum Gasteiger partial charge on any atom is -0.497 e. The molecule has 3 atom stereocenters. The Labute approximate surface area is 110 Å². The number of hydrogen-bond acceptors (Lipinski definition) is 2. The normalized spacial score (nSPS) is 33.2. The van der Waals surface area contributed by atoms with Crippen LogP contribution in [0.25, 0.3) is 0 Å². The van der Waals surface area contributed by atoms with Crippen LogP contribution in [0.3, 0.4) is 0 Å². The van der Waals surface area contributed by atoms with E-state index in [9.17, 15) is 13.2 Å². The molecule has 1 aromatic rings. The van der Waals surface area contributed by atoms with E-state index in [0.29, 0.717) is 11.4 Å². The summed E-state index contributed by atoms with van der Waals surface area (Å²) >= 11 is 0. The van der Waals surface area contributed by atoms with Crippen LogP contribution in [0.15, 0.2) is 24.3 Å². The Morgan fingerprint density at radius 2 is 1.89 bits per heavy atom. The molecule has 19 heavy (non-hydrogen) atoms. The van der Waals surface area contributed by atoms with Gasteiger partial charge in [-0.3, -0.25) is 0 Å². The van der Waals surface area contributed by atoms with Crippen LogP contribution in [0.4, 0.5) is 18.9 Å². The molecule has 2 fully saturated rings. The van der Waals surface area contributed by atoms with Gasteiger partial charge in [0.1, 0.15) is 11.8 Å². The first-order chi connectivity index (χ1) is 8.86. The van der Waals surface area contributed by atoms with Crippen LogP contribution in [0.2, 0.25) is 0 Å². The molecule has 5 heteroatoms. The van der Waals surface area contributed by atoms with Crippen molar-refractivity contribution >= 4 is 5.69 Å². The van der Waals surface area contributed by atoms with Gasteiger partial charge in [0.05, 0.1) is 7.11 Å². The van der Waals surface area contributed by atoms with Crippen LogP contribution >= 0.6 is 0 Å². The zero-order valence-electron chi connectivity index (χ0n) is 10.9. The van der Waals surface area contributed by atoms with Crippen molar-refractivity contribution in [1.29, 1.82) is 0 Å². The summed E-state index contributed by atoms with van der Waals surface area (Å²) in [6.45, 7) is 1.92. The standard InChI is InChI=1S/C14H16F3NO/c1-13-8-9(13)7-12(14(15,16)17)18(13)10-3-5-11(19-2)6-4-10/h3-6,9,12H,7-8H2,1-2H3/t9?,12-,13+/m0/s1. The summed E-state index contributed by atoms with van der Waals surface area (Å²) in [5, 5.41) is 0. The second-order valence-corrected chi connectivity index (χ2v) is 5.62. The van der Waals surface area contributed by atoms with E-state index in [4.69, 9.17) is 4.74 Å². The predicted octanol–water partition coefficient (Wildman–Crippen LogP) is 3.61. The average Bonchev–Trinajstić information content (AvgIpc) is 2.91. The summed E-state index contributed by atoms with van der Waals surface area (Å²) in [4.78, 5) is 1.55. The molecule has 2 aliphatic rings. The molecule has 104 valence electrons. The molecular formula is C14H16F3NO. The third-order valence-electron chi connectivity index (χ3n) is 4.48. The molecule has 1 saturated carbocycles. The lowest BCUT2D eigenvalue weighted by Gasteiger charge is -2.35. The first-order valence-electron chi connectivity index (χ1n) is 6.36. The van der Waals surface area contributed by atoms with Gasteiger partial charge in [-0.1, -0.05) is 0 Å². The van der Waals surface area contributed by atoms with Gasteiger partial charge in [-0.2, -0.15) is 13.2 Å². The highest BCUT2D eigenvalue weighted by Gasteiger charge is 2.67. The van der Waals surface area contributed by atoms with Crippen LogP contribution in [0.5, 0.6) is 5.75 Å². The summed E-state index contributed by atoms with van der Waals surface area (Å²) in [6.07, 6.45) is -3.10. The monoisotopic (exact) mass is 271 g/mol. The van der Waals surface area contributed by atoms with Gasteiger partial charge in [-0.25, -0.2) is 0 Å². The third kappa shape index (κ3) is 1.86. The molecule has 0 spiro atoms. The van der Waals surface area contributed by atoms with Gasteiger partial charge in [0.25, 0.3) is 0 Å². The van der Waals surface area contributed by atoms with Crippen molar-refractivity contribution in [3.8, 4) is 5.75 Å². The third-order valence-corrected chi connectivity index (χ3v) is 4.48. The highest BCUT2D eigenvalue weighted by Crippen LogP contribution is 2.61. The number of halogens is 3. The molecule has 0 aromatic heterocycles. The number of anilines is 1. The Morgan fingerprint density at radius 1 is 1.26 bits per heavy atom. The predicted molar refractivity (Wildman–Crippen MR) is 66.4 cm³/mol. The molecule has 2 nitrogen and oxygen atoms in total. The van der Waals surface area contributed by atoms with Crippen molar-refractivity contribution in [1.82, 2.24) is 0 Å². The second-order valence-electron chi connectivity index (χ2n) is 5.62. The molecule has 1 aliphatic heterocycles. The molecule has 1 aliphatic carbocycles. The Morgan fingerprint density at radius 3 is 2.42 bits per heavy atom. The quantitative estimate of drug-likeness (QED) is 0.814. The highest BCUT2D eigenvalue weighted by atomic mass is 19.4. The zero-order valence-corrected chi connectivity index (χ0v) is 10.9. The van der Waals surface area contributed by atoms with Crippen LogP contribution < -0.4 is 9.64 Å². The summed E-state index contributed by atoms with van der Waals surface area (Å²) in [5.41, 5.74) is 0.306. The second kappa shape index (κ2) is 3.81. The topological polar surface area (TPSA) is 12.5 Å². The van der Waals surface area contributed by atoms with Crippen molar-refractivity contribution in [2.75, 3.05) is 12.0 Å². The number of ether oxygens (including phenoxy) is 1. The number of piperidine rings is 1. The van der Waals surface area contributed by atoms with Crippen molar-refractivity contribution in [2.45, 2.75) is 37.5 Å². The first kappa shape index (κ1) is 12.6. The molecule has 0 N–H and O–H groups in total. The van der Waals surface area contributed by atoms with E-state index in [1.54, 1.807) is 36.3 Å². The number of nitrogens with zero attached hydrogens (tertiary/aromatic N) is 1. The van der Waals surface area contributed by atoms with Gasteiger partial charge in [-0.05, 0) is 49.9 Å². The fraction of sp³-hybridized carbons (Fsp3) is 0.571. The van der Waals surface area contributed by atoms with E-state index in [0.717, 1.165) is 6.42 Å². The fourth-order valence-electron chi connectivity index (χ4n) is 3.30. The maximum atomic E-state index is 13.1. The largest absolute Gasteiger partial charge is 0.497 e. The molecule has 1 aromatic carbocycles. The van der Waals surface area contributed by atoms with E-state index in [-0.39, 0.29) is 17.9 Å².